The molecule has 3 nitrogen and oxygen atoms in total. The van der Waals surface area contributed by atoms with E-state index in [2.05, 4.69) is 5.32 Å². The number of hydrogen-bond donors (Lipinski definition) is 1. The lowest BCUT2D eigenvalue weighted by molar-refractivity contribution is -0.126. The normalized spacial score (nSPS) is 23.0. The Balaban J connectivity index is 1.60. The third-order valence-corrected chi connectivity index (χ3v) is 4.20. The highest BCUT2D eigenvalue weighted by Gasteiger charge is 2.30. The summed E-state index contributed by atoms with van der Waals surface area (Å²) in [5.41, 5.74) is 0.359. The Morgan fingerprint density at radius 1 is 1.29 bits per heavy atom. The van der Waals surface area contributed by atoms with Crippen LogP contribution in [0.3, 0.4) is 0 Å². The predicted octanol–water partition coefficient (Wildman–Crippen LogP) is 2.46. The molecule has 3 rings (SSSR count). The first-order valence-corrected chi connectivity index (χ1v) is 7.58. The van der Waals surface area contributed by atoms with Crippen molar-refractivity contribution in [3.63, 3.8) is 0 Å². The zero-order valence-electron chi connectivity index (χ0n) is 11.9. The average Bonchev–Trinajstić information content (AvgIpc) is 3.27. The number of halogens is 2. The van der Waals surface area contributed by atoms with E-state index >= 15 is 0 Å². The van der Waals surface area contributed by atoms with Crippen LogP contribution in [0.15, 0.2) is 18.2 Å². The maximum atomic E-state index is 13.7. The molecule has 2 aliphatic rings. The van der Waals surface area contributed by atoms with Crippen LogP contribution in [0.2, 0.25) is 0 Å². The number of nitrogens with one attached hydrogen (secondary N) is 1. The molecule has 1 atom stereocenters. The lowest BCUT2D eigenvalue weighted by Crippen LogP contribution is -2.43. The van der Waals surface area contributed by atoms with E-state index in [9.17, 15) is 13.6 Å². The molecule has 1 aliphatic carbocycles. The van der Waals surface area contributed by atoms with Gasteiger partial charge in [0.25, 0.3) is 0 Å². The van der Waals surface area contributed by atoms with Gasteiger partial charge < -0.3 is 5.32 Å². The monoisotopic (exact) mass is 294 g/mol. The minimum atomic E-state index is -0.425. The smallest absolute Gasteiger partial charge is 0.224 e. The van der Waals surface area contributed by atoms with Gasteiger partial charge in [0.1, 0.15) is 11.6 Å². The summed E-state index contributed by atoms with van der Waals surface area (Å²) in [6.45, 7) is 1.80. The zero-order valence-corrected chi connectivity index (χ0v) is 11.9. The summed E-state index contributed by atoms with van der Waals surface area (Å²) < 4.78 is 26.9. The van der Waals surface area contributed by atoms with E-state index in [4.69, 9.17) is 0 Å². The molecule has 1 aliphatic heterocycles. The molecule has 1 saturated carbocycles. The molecule has 1 heterocycles. The number of nitrogens with zero attached hydrogens (tertiary/aromatic N) is 1. The number of piperidine rings is 1. The Bertz CT molecular complexity index is 531. The molecule has 1 aromatic carbocycles. The van der Waals surface area contributed by atoms with E-state index in [1.165, 1.54) is 6.07 Å². The molecule has 1 N–H and O–H groups in total. The van der Waals surface area contributed by atoms with Crippen LogP contribution in [-0.4, -0.2) is 29.9 Å². The first-order chi connectivity index (χ1) is 10.1. The van der Waals surface area contributed by atoms with Crippen molar-refractivity contribution in [1.82, 2.24) is 10.2 Å². The van der Waals surface area contributed by atoms with Crippen molar-refractivity contribution in [1.29, 1.82) is 0 Å². The Morgan fingerprint density at radius 3 is 2.86 bits per heavy atom. The SMILES string of the molecule is O=C(NC1CC1)C1CCCN(Cc2cc(F)ccc2F)C1. The van der Waals surface area contributed by atoms with E-state index < -0.39 is 5.82 Å². The molecule has 21 heavy (non-hydrogen) atoms. The van der Waals surface area contributed by atoms with Gasteiger partial charge in [-0.05, 0) is 50.4 Å². The van der Waals surface area contributed by atoms with Crippen LogP contribution < -0.4 is 5.32 Å². The first kappa shape index (κ1) is 14.4. The standard InChI is InChI=1S/C16H20F2N2O/c17-13-3-6-15(18)12(8-13)10-20-7-1-2-11(9-20)16(21)19-14-4-5-14/h3,6,8,11,14H,1-2,4-5,7,9-10H2,(H,19,21). The number of likely N-dealkylation sites (tertiary alicyclic amines) is 1. The molecular weight excluding hydrogens is 274 g/mol. The van der Waals surface area contributed by atoms with Gasteiger partial charge >= 0.3 is 0 Å². The largest absolute Gasteiger partial charge is 0.353 e. The van der Waals surface area contributed by atoms with Crippen LogP contribution in [0, 0.1) is 17.6 Å². The van der Waals surface area contributed by atoms with Crippen molar-refractivity contribution in [2.75, 3.05) is 13.1 Å². The lowest BCUT2D eigenvalue weighted by atomic mass is 9.96. The predicted molar refractivity (Wildman–Crippen MR) is 75.5 cm³/mol. The highest BCUT2D eigenvalue weighted by Crippen LogP contribution is 2.23. The van der Waals surface area contributed by atoms with Crippen LogP contribution in [0.5, 0.6) is 0 Å². The minimum absolute atomic E-state index is 0.0315. The molecule has 114 valence electrons. The fourth-order valence-electron chi connectivity index (χ4n) is 2.87. The van der Waals surface area contributed by atoms with Crippen molar-refractivity contribution >= 4 is 5.91 Å². The molecule has 1 aromatic rings. The Morgan fingerprint density at radius 2 is 2.10 bits per heavy atom. The van der Waals surface area contributed by atoms with Crippen molar-refractivity contribution in [3.05, 3.63) is 35.4 Å². The van der Waals surface area contributed by atoms with Gasteiger partial charge in [0, 0.05) is 24.7 Å². The third-order valence-electron chi connectivity index (χ3n) is 4.20. The summed E-state index contributed by atoms with van der Waals surface area (Å²) >= 11 is 0. The molecular formula is C16H20F2N2O. The number of amides is 1. The van der Waals surface area contributed by atoms with Gasteiger partial charge in [-0.25, -0.2) is 8.78 Å². The molecule has 0 radical (unpaired) electrons. The van der Waals surface area contributed by atoms with Gasteiger partial charge in [0.15, 0.2) is 0 Å². The van der Waals surface area contributed by atoms with Crippen LogP contribution in [0.1, 0.15) is 31.2 Å². The molecule has 1 saturated heterocycles. The zero-order chi connectivity index (χ0) is 14.8. The number of carbonyl (C=O) groups is 1. The maximum absolute atomic E-state index is 13.7. The molecule has 0 bridgehead atoms. The van der Waals surface area contributed by atoms with Gasteiger partial charge in [-0.2, -0.15) is 0 Å². The molecule has 1 unspecified atom stereocenters. The van der Waals surface area contributed by atoms with Crippen molar-refractivity contribution in [3.8, 4) is 0 Å². The topological polar surface area (TPSA) is 32.3 Å². The van der Waals surface area contributed by atoms with Crippen LogP contribution in [0.4, 0.5) is 8.78 Å². The Kier molecular flexibility index (Phi) is 4.19. The van der Waals surface area contributed by atoms with Crippen LogP contribution >= 0.6 is 0 Å². The lowest BCUT2D eigenvalue weighted by Gasteiger charge is -2.32. The number of rotatable bonds is 4. The van der Waals surface area contributed by atoms with Crippen molar-refractivity contribution in [2.24, 2.45) is 5.92 Å². The highest BCUT2D eigenvalue weighted by molar-refractivity contribution is 5.79. The van der Waals surface area contributed by atoms with Crippen molar-refractivity contribution < 1.29 is 13.6 Å². The fourth-order valence-corrected chi connectivity index (χ4v) is 2.87. The summed E-state index contributed by atoms with van der Waals surface area (Å²) in [7, 11) is 0. The van der Waals surface area contributed by atoms with Crippen LogP contribution in [-0.2, 0) is 11.3 Å². The quantitative estimate of drug-likeness (QED) is 0.925. The van der Waals surface area contributed by atoms with Gasteiger partial charge in [-0.15, -0.1) is 0 Å². The average molecular weight is 294 g/mol. The molecule has 0 spiro atoms. The summed E-state index contributed by atoms with van der Waals surface area (Å²) in [6.07, 6.45) is 3.95. The van der Waals surface area contributed by atoms with Gasteiger partial charge in [-0.1, -0.05) is 0 Å². The van der Waals surface area contributed by atoms with E-state index in [-0.39, 0.29) is 17.6 Å². The van der Waals surface area contributed by atoms with E-state index in [1.807, 2.05) is 4.90 Å². The van der Waals surface area contributed by atoms with Gasteiger partial charge in [0.2, 0.25) is 5.91 Å². The van der Waals surface area contributed by atoms with Crippen LogP contribution in [0.25, 0.3) is 0 Å². The highest BCUT2D eigenvalue weighted by atomic mass is 19.1. The Hall–Kier alpha value is -1.49. The van der Waals surface area contributed by atoms with Gasteiger partial charge in [0.05, 0.1) is 5.92 Å². The molecule has 5 heteroatoms. The summed E-state index contributed by atoms with van der Waals surface area (Å²) in [5, 5.41) is 3.03. The third kappa shape index (κ3) is 3.79. The van der Waals surface area contributed by atoms with Crippen molar-refractivity contribution in [2.45, 2.75) is 38.3 Å². The second-order valence-corrected chi connectivity index (χ2v) is 6.09. The van der Waals surface area contributed by atoms with Gasteiger partial charge in [-0.3, -0.25) is 9.69 Å². The molecule has 1 amide bonds. The number of carbonyl (C=O) groups excluding carboxylic acids is 1. The first-order valence-electron chi connectivity index (χ1n) is 7.58. The second kappa shape index (κ2) is 6.10. The number of benzene rings is 1. The fraction of sp³-hybridized carbons (Fsp3) is 0.562. The minimum Gasteiger partial charge on any atom is -0.353 e. The summed E-state index contributed by atoms with van der Waals surface area (Å²) in [4.78, 5) is 14.1. The molecule has 2 fully saturated rings. The Labute approximate surface area is 123 Å². The second-order valence-electron chi connectivity index (χ2n) is 6.09. The summed E-state index contributed by atoms with van der Waals surface area (Å²) in [6, 6.07) is 3.89. The number of hydrogen-bond acceptors (Lipinski definition) is 2. The van der Waals surface area contributed by atoms with E-state index in [1.54, 1.807) is 0 Å². The maximum Gasteiger partial charge on any atom is 0.224 e. The summed E-state index contributed by atoms with van der Waals surface area (Å²) in [5.74, 6) is -0.731. The van der Waals surface area contributed by atoms with E-state index in [0.29, 0.717) is 24.7 Å². The van der Waals surface area contributed by atoms with E-state index in [0.717, 1.165) is 44.4 Å². The molecule has 0 aromatic heterocycles.